The zero-order valence-electron chi connectivity index (χ0n) is 72.6. The molecule has 0 spiro atoms. The predicted octanol–water partition coefficient (Wildman–Crippen LogP) is 17.2. The zero-order valence-corrected chi connectivity index (χ0v) is 73.5. The normalized spacial score (nSPS) is 25.2. The van der Waals surface area contributed by atoms with Gasteiger partial charge in [-0.2, -0.15) is 0 Å². The van der Waals surface area contributed by atoms with Gasteiger partial charge in [0.05, 0.1) is 13.2 Å². The highest BCUT2D eigenvalue weighted by Gasteiger charge is 2.60. The number of hydrogen-bond donors (Lipinski definition) is 10. The van der Waals surface area contributed by atoms with Gasteiger partial charge >= 0.3 is 31.7 Å². The van der Waals surface area contributed by atoms with Crippen LogP contribution in [-0.4, -0.2) is 205 Å². The van der Waals surface area contributed by atoms with Crippen molar-refractivity contribution in [3.8, 4) is 0 Å². The number of carbonyl (C=O) groups excluding carboxylic acids is 4. The van der Waals surface area contributed by atoms with E-state index in [9.17, 15) is 74.6 Å². The SMILES string of the molecule is CCCCCC/C=C\CCCCCCCCCC(=O)OC1C(O)C(O)C(OC2OC(CO)C(O)C(O)C2O)C(OP(=O)(O)OCC(COC(=O)CCCCCCCCCCCCCCCCCC)OC(=O)CCCCCCCCCCCCCCC)C1OC1OC(COC(=O)CCCCCCCCCCCCCCC)C(O)C(O)C1O. The number of phosphoric ester groups is 1. The van der Waals surface area contributed by atoms with E-state index in [2.05, 4.69) is 39.8 Å². The first-order valence-corrected chi connectivity index (χ1v) is 48.4. The summed E-state index contributed by atoms with van der Waals surface area (Å²) < 4.78 is 73.4. The van der Waals surface area contributed by atoms with Crippen LogP contribution in [0.2, 0.25) is 0 Å². The van der Waals surface area contributed by atoms with Gasteiger partial charge in [-0.25, -0.2) is 4.57 Å². The van der Waals surface area contributed by atoms with Crippen LogP contribution in [0.4, 0.5) is 0 Å². The van der Waals surface area contributed by atoms with Gasteiger partial charge in [0.2, 0.25) is 0 Å². The van der Waals surface area contributed by atoms with Crippen LogP contribution in [0.5, 0.6) is 0 Å². The molecule has 0 aromatic heterocycles. The fourth-order valence-corrected chi connectivity index (χ4v) is 16.5. The summed E-state index contributed by atoms with van der Waals surface area (Å²) in [7, 11) is -5.80. The third-order valence-electron chi connectivity index (χ3n) is 23.0. The Hall–Kier alpha value is -2.79. The molecule has 0 radical (unpaired) electrons. The fraction of sp³-hybridized carbons (Fsp3) is 0.933. The van der Waals surface area contributed by atoms with Crippen molar-refractivity contribution in [1.29, 1.82) is 0 Å². The first-order chi connectivity index (χ1) is 56.2. The Morgan fingerprint density at radius 1 is 0.336 bits per heavy atom. The van der Waals surface area contributed by atoms with Gasteiger partial charge in [-0.1, -0.05) is 342 Å². The maximum absolute atomic E-state index is 14.9. The number of esters is 4. The first-order valence-electron chi connectivity index (χ1n) is 46.9. The van der Waals surface area contributed by atoms with Gasteiger partial charge in [0.15, 0.2) is 24.8 Å². The van der Waals surface area contributed by atoms with Crippen molar-refractivity contribution >= 4 is 31.7 Å². The molecule has 2 aliphatic heterocycles. The van der Waals surface area contributed by atoms with Gasteiger partial charge in [0.25, 0.3) is 0 Å². The molecular formula is C90H167O25P. The fourth-order valence-electron chi connectivity index (χ4n) is 15.5. The molecule has 0 amide bonds. The Kier molecular flexibility index (Phi) is 64.4. The highest BCUT2D eigenvalue weighted by atomic mass is 31.2. The van der Waals surface area contributed by atoms with Crippen LogP contribution >= 0.6 is 7.82 Å². The van der Waals surface area contributed by atoms with Gasteiger partial charge in [-0.3, -0.25) is 28.2 Å². The Bertz CT molecular complexity index is 2460. The molecule has 10 N–H and O–H groups in total. The minimum Gasteiger partial charge on any atom is -0.463 e. The highest BCUT2D eigenvalue weighted by Crippen LogP contribution is 2.49. The van der Waals surface area contributed by atoms with Crippen LogP contribution in [0.15, 0.2) is 12.2 Å². The summed E-state index contributed by atoms with van der Waals surface area (Å²) in [5, 5.41) is 102. The van der Waals surface area contributed by atoms with Crippen LogP contribution in [0.3, 0.4) is 0 Å². The number of phosphoric acid groups is 1. The van der Waals surface area contributed by atoms with Gasteiger partial charge in [-0.05, 0) is 51.4 Å². The summed E-state index contributed by atoms with van der Waals surface area (Å²) in [4.78, 5) is 66.4. The number of allylic oxidation sites excluding steroid dienone is 2. The second-order valence-electron chi connectivity index (χ2n) is 33.5. The van der Waals surface area contributed by atoms with E-state index in [0.29, 0.717) is 32.1 Å². The van der Waals surface area contributed by atoms with Crippen LogP contribution in [0, 0.1) is 0 Å². The lowest BCUT2D eigenvalue weighted by Gasteiger charge is -2.50. The van der Waals surface area contributed by atoms with Gasteiger partial charge in [0, 0.05) is 25.7 Å². The van der Waals surface area contributed by atoms with E-state index >= 15 is 0 Å². The quantitative estimate of drug-likeness (QED) is 0.00889. The van der Waals surface area contributed by atoms with Crippen LogP contribution in [0.25, 0.3) is 0 Å². The molecule has 3 rings (SSSR count). The number of hydrogen-bond acceptors (Lipinski definition) is 24. The molecule has 0 bridgehead atoms. The average molecular weight is 1680 g/mol. The van der Waals surface area contributed by atoms with Crippen molar-refractivity contribution in [2.75, 3.05) is 26.4 Å². The molecule has 3 fully saturated rings. The van der Waals surface area contributed by atoms with Crippen LogP contribution < -0.4 is 0 Å². The Morgan fingerprint density at radius 2 is 0.647 bits per heavy atom. The topological polar surface area (TPSA) is 380 Å². The standard InChI is InChI=1S/C90H167O25P/c1-5-9-13-17-21-25-29-33-35-37-40-43-46-50-54-58-62-73(92)106-67-70(109-75(94)64-60-56-52-48-44-39-32-28-24-20-16-12-8-4)68-108-116(104,105)115-88-86(113-89-83(102)79(98)77(96)71(66-91)110-89)82(101)81(100)85(112-76(95)65-61-57-53-49-45-41-36-34-30-26-22-18-14-10-6-2)87(88)114-90-84(103)80(99)78(97)72(111-90)69-107-74(93)63-59-55-51-47-42-38-31-27-23-19-15-11-7-3/h26,30,70-72,77-91,96-103H,5-25,27-29,31-69H2,1-4H3,(H,104,105)/b30-26-. The molecular weight excluding hydrogens is 1510 g/mol. The number of unbranched alkanes of at least 4 members (excludes halogenated alkanes) is 50. The third kappa shape index (κ3) is 49.5. The van der Waals surface area contributed by atoms with Gasteiger partial charge in [0.1, 0.15) is 92.6 Å². The van der Waals surface area contributed by atoms with E-state index in [0.717, 1.165) is 141 Å². The Balaban J connectivity index is 1.92. The summed E-state index contributed by atoms with van der Waals surface area (Å²) in [6, 6.07) is 0. The number of carbonyl (C=O) groups is 4. The monoisotopic (exact) mass is 1680 g/mol. The second-order valence-corrected chi connectivity index (χ2v) is 34.9. The number of aliphatic hydroxyl groups excluding tert-OH is 9. The molecule has 0 aromatic rings. The largest absolute Gasteiger partial charge is 0.472 e. The van der Waals surface area contributed by atoms with Crippen molar-refractivity contribution in [2.45, 2.75) is 511 Å². The Labute approximate surface area is 699 Å². The lowest BCUT2D eigenvalue weighted by atomic mass is 9.84. The van der Waals surface area contributed by atoms with E-state index in [1.807, 2.05) is 0 Å². The minimum absolute atomic E-state index is 0.0179. The summed E-state index contributed by atoms with van der Waals surface area (Å²) in [5.41, 5.74) is 0. The molecule has 26 heteroatoms. The van der Waals surface area contributed by atoms with Crippen molar-refractivity contribution in [2.24, 2.45) is 0 Å². The number of rotatable bonds is 76. The van der Waals surface area contributed by atoms with Crippen molar-refractivity contribution in [3.05, 3.63) is 12.2 Å². The minimum atomic E-state index is -5.80. The summed E-state index contributed by atoms with van der Waals surface area (Å²) in [6.07, 6.45) is 27.7. The van der Waals surface area contributed by atoms with E-state index in [1.165, 1.54) is 180 Å². The van der Waals surface area contributed by atoms with E-state index < -0.39 is 162 Å². The number of aliphatic hydroxyl groups is 9. The second kappa shape index (κ2) is 69.6. The third-order valence-corrected chi connectivity index (χ3v) is 24.0. The van der Waals surface area contributed by atoms with E-state index in [1.54, 1.807) is 0 Å². The molecule has 18 unspecified atom stereocenters. The van der Waals surface area contributed by atoms with Crippen molar-refractivity contribution in [3.63, 3.8) is 0 Å². The lowest BCUT2D eigenvalue weighted by Crippen LogP contribution is -2.70. The molecule has 25 nitrogen and oxygen atoms in total. The molecule has 1 aliphatic carbocycles. The first kappa shape index (κ1) is 107. The predicted molar refractivity (Wildman–Crippen MR) is 449 cm³/mol. The molecule has 2 saturated heterocycles. The number of ether oxygens (including phenoxy) is 8. The smallest absolute Gasteiger partial charge is 0.463 e. The van der Waals surface area contributed by atoms with E-state index in [-0.39, 0.29) is 25.7 Å². The molecule has 116 heavy (non-hydrogen) atoms. The maximum Gasteiger partial charge on any atom is 0.472 e. The van der Waals surface area contributed by atoms with Crippen LogP contribution in [-0.2, 0) is 70.7 Å². The molecule has 1 saturated carbocycles. The van der Waals surface area contributed by atoms with Crippen molar-refractivity contribution in [1.82, 2.24) is 0 Å². The van der Waals surface area contributed by atoms with Gasteiger partial charge < -0.3 is 88.7 Å². The molecule has 18 atom stereocenters. The highest BCUT2D eigenvalue weighted by molar-refractivity contribution is 7.47. The molecule has 3 aliphatic rings. The van der Waals surface area contributed by atoms with Gasteiger partial charge in [-0.15, -0.1) is 0 Å². The average Bonchev–Trinajstić information content (AvgIpc) is 0.754. The molecule has 0 aromatic carbocycles. The van der Waals surface area contributed by atoms with Crippen LogP contribution in [0.1, 0.15) is 407 Å². The Morgan fingerprint density at radius 3 is 1.03 bits per heavy atom. The maximum atomic E-state index is 14.9. The lowest BCUT2D eigenvalue weighted by molar-refractivity contribution is -0.360. The molecule has 682 valence electrons. The van der Waals surface area contributed by atoms with Crippen molar-refractivity contribution < 1.29 is 122 Å². The zero-order chi connectivity index (χ0) is 84.7. The summed E-state index contributed by atoms with van der Waals surface area (Å²) >= 11 is 0. The summed E-state index contributed by atoms with van der Waals surface area (Å²) in [6.45, 7) is 5.60. The molecule has 2 heterocycles. The summed E-state index contributed by atoms with van der Waals surface area (Å²) in [5.74, 6) is -2.95. The van der Waals surface area contributed by atoms with E-state index in [4.69, 9.17) is 46.9 Å².